The lowest BCUT2D eigenvalue weighted by atomic mass is 9.86. The smallest absolute Gasteiger partial charge is 0.238 e. The number of likely N-dealkylation sites (tertiary alicyclic amines) is 1. The number of rotatable bonds is 4. The molecule has 0 bridgehead atoms. The number of nitrogens with one attached hydrogen (secondary N) is 1. The molecule has 2 aliphatic heterocycles. The number of hydrogen-bond donors (Lipinski definition) is 1. The van der Waals surface area contributed by atoms with Crippen molar-refractivity contribution < 1.29 is 18.7 Å². The second-order valence-corrected chi connectivity index (χ2v) is 6.73. The molecule has 2 fully saturated rings. The lowest BCUT2D eigenvalue weighted by Gasteiger charge is -2.44. The lowest BCUT2D eigenvalue weighted by molar-refractivity contribution is -0.145. The van der Waals surface area contributed by atoms with Crippen LogP contribution in [0.3, 0.4) is 0 Å². The van der Waals surface area contributed by atoms with Crippen molar-refractivity contribution in [3.63, 3.8) is 0 Å². The number of benzene rings is 1. The molecule has 0 aromatic heterocycles. The largest absolute Gasteiger partial charge is 0.377 e. The molecule has 0 radical (unpaired) electrons. The van der Waals surface area contributed by atoms with Gasteiger partial charge in [0.1, 0.15) is 5.82 Å². The summed E-state index contributed by atoms with van der Waals surface area (Å²) < 4.78 is 24.9. The van der Waals surface area contributed by atoms with Gasteiger partial charge in [-0.05, 0) is 43.9 Å². The Morgan fingerprint density at radius 1 is 1.50 bits per heavy atom. The van der Waals surface area contributed by atoms with E-state index in [0.29, 0.717) is 12.2 Å². The molecule has 3 rings (SSSR count). The van der Waals surface area contributed by atoms with E-state index in [1.165, 1.54) is 12.1 Å². The first-order valence-corrected chi connectivity index (χ1v) is 8.47. The fourth-order valence-corrected chi connectivity index (χ4v) is 3.73. The fourth-order valence-electron chi connectivity index (χ4n) is 3.73. The molecule has 1 amide bonds. The first-order chi connectivity index (χ1) is 11.5. The molecule has 0 unspecified atom stereocenters. The van der Waals surface area contributed by atoms with Gasteiger partial charge in [0.2, 0.25) is 5.91 Å². The molecule has 1 aromatic rings. The number of anilines is 1. The molecular weight excluding hydrogens is 311 g/mol. The fraction of sp³-hybridized carbons (Fsp3) is 0.611. The third-order valence-corrected chi connectivity index (χ3v) is 5.12. The van der Waals surface area contributed by atoms with E-state index in [2.05, 4.69) is 10.2 Å². The topological polar surface area (TPSA) is 50.8 Å². The first-order valence-electron chi connectivity index (χ1n) is 8.47. The summed E-state index contributed by atoms with van der Waals surface area (Å²) in [6.45, 7) is 4.38. The minimum absolute atomic E-state index is 0.0162. The van der Waals surface area contributed by atoms with E-state index in [-0.39, 0.29) is 30.0 Å². The molecule has 1 spiro atoms. The van der Waals surface area contributed by atoms with Gasteiger partial charge in [-0.1, -0.05) is 6.07 Å². The van der Waals surface area contributed by atoms with Crippen LogP contribution in [0.1, 0.15) is 24.8 Å². The van der Waals surface area contributed by atoms with Gasteiger partial charge >= 0.3 is 0 Å². The van der Waals surface area contributed by atoms with Crippen molar-refractivity contribution in [1.29, 1.82) is 0 Å². The molecule has 1 aromatic carbocycles. The Labute approximate surface area is 142 Å². The molecule has 1 N–H and O–H groups in total. The average Bonchev–Trinajstić information content (AvgIpc) is 3.02. The van der Waals surface area contributed by atoms with Crippen LogP contribution in [0.2, 0.25) is 0 Å². The number of halogens is 1. The molecule has 2 saturated heterocycles. The van der Waals surface area contributed by atoms with Gasteiger partial charge in [-0.2, -0.15) is 0 Å². The van der Waals surface area contributed by atoms with Crippen LogP contribution in [0, 0.1) is 12.7 Å². The van der Waals surface area contributed by atoms with Crippen LogP contribution in [0.4, 0.5) is 10.1 Å². The summed E-state index contributed by atoms with van der Waals surface area (Å²) in [5.41, 5.74) is 1.19. The van der Waals surface area contributed by atoms with Crippen molar-refractivity contribution in [3.05, 3.63) is 29.6 Å². The number of ether oxygens (including phenoxy) is 2. The maximum Gasteiger partial charge on any atom is 0.238 e. The highest BCUT2D eigenvalue weighted by Gasteiger charge is 2.46. The van der Waals surface area contributed by atoms with Crippen LogP contribution in [0.25, 0.3) is 0 Å². The van der Waals surface area contributed by atoms with E-state index in [1.807, 2.05) is 6.92 Å². The Kier molecular flexibility index (Phi) is 5.18. The van der Waals surface area contributed by atoms with Gasteiger partial charge in [0.05, 0.1) is 18.2 Å². The molecule has 6 heteroatoms. The van der Waals surface area contributed by atoms with Crippen molar-refractivity contribution >= 4 is 11.6 Å². The summed E-state index contributed by atoms with van der Waals surface area (Å²) in [5.74, 6) is -0.490. The van der Waals surface area contributed by atoms with Gasteiger partial charge in [-0.15, -0.1) is 0 Å². The number of aryl methyl sites for hydroxylation is 1. The van der Waals surface area contributed by atoms with E-state index >= 15 is 0 Å². The van der Waals surface area contributed by atoms with Crippen molar-refractivity contribution in [2.45, 2.75) is 37.9 Å². The molecule has 0 saturated carbocycles. The highest BCUT2D eigenvalue weighted by Crippen LogP contribution is 2.37. The predicted molar refractivity (Wildman–Crippen MR) is 89.5 cm³/mol. The number of amides is 1. The highest BCUT2D eigenvalue weighted by atomic mass is 19.1. The van der Waals surface area contributed by atoms with Crippen molar-refractivity contribution in [1.82, 2.24) is 4.90 Å². The van der Waals surface area contributed by atoms with Gasteiger partial charge in [0.25, 0.3) is 0 Å². The minimum atomic E-state index is -0.353. The number of methoxy groups -OCH3 is 1. The normalized spacial score (nSPS) is 27.5. The monoisotopic (exact) mass is 336 g/mol. The van der Waals surface area contributed by atoms with Gasteiger partial charge in [0.15, 0.2) is 0 Å². The third-order valence-electron chi connectivity index (χ3n) is 5.12. The maximum atomic E-state index is 13.3. The van der Waals surface area contributed by atoms with Crippen LogP contribution >= 0.6 is 0 Å². The van der Waals surface area contributed by atoms with Crippen molar-refractivity contribution in [2.75, 3.05) is 38.7 Å². The van der Waals surface area contributed by atoms with E-state index in [4.69, 9.17) is 9.47 Å². The number of hydrogen-bond acceptors (Lipinski definition) is 4. The van der Waals surface area contributed by atoms with Crippen LogP contribution in [-0.4, -0.2) is 55.9 Å². The Morgan fingerprint density at radius 3 is 3.04 bits per heavy atom. The molecule has 0 aliphatic carbocycles. The van der Waals surface area contributed by atoms with E-state index < -0.39 is 0 Å². The molecule has 2 heterocycles. The lowest BCUT2D eigenvalue weighted by Crippen LogP contribution is -2.57. The first kappa shape index (κ1) is 17.3. The predicted octanol–water partition coefficient (Wildman–Crippen LogP) is 2.34. The Morgan fingerprint density at radius 2 is 2.33 bits per heavy atom. The molecule has 2 aliphatic rings. The Balaban J connectivity index is 1.58. The van der Waals surface area contributed by atoms with E-state index in [1.54, 1.807) is 13.2 Å². The zero-order valence-corrected chi connectivity index (χ0v) is 14.3. The van der Waals surface area contributed by atoms with Gasteiger partial charge in [0, 0.05) is 32.5 Å². The standard InChI is InChI=1S/C18H25FN2O3/c1-13-4-5-14(19)10-15(13)20-17(22)12-21-8-7-18(6-3-9-24-18)16(11-21)23-2/h4-5,10,16H,3,6-9,11-12H2,1-2H3,(H,20,22)/t16-,18-/m1/s1. The summed E-state index contributed by atoms with van der Waals surface area (Å²) in [4.78, 5) is 14.4. The SMILES string of the molecule is CO[C@@H]1CN(CC(=O)Nc2cc(F)ccc2C)CC[C@]12CCCO2. The van der Waals surface area contributed by atoms with Crippen LogP contribution in [0.5, 0.6) is 0 Å². The minimum Gasteiger partial charge on any atom is -0.377 e. The summed E-state index contributed by atoms with van der Waals surface area (Å²) in [7, 11) is 1.70. The summed E-state index contributed by atoms with van der Waals surface area (Å²) >= 11 is 0. The maximum absolute atomic E-state index is 13.3. The Bertz CT molecular complexity index is 602. The summed E-state index contributed by atoms with van der Waals surface area (Å²) in [6.07, 6.45) is 2.95. The number of carbonyl (C=O) groups is 1. The van der Waals surface area contributed by atoms with E-state index in [0.717, 1.165) is 38.0 Å². The third kappa shape index (κ3) is 3.61. The molecule has 5 nitrogen and oxygen atoms in total. The van der Waals surface area contributed by atoms with E-state index in [9.17, 15) is 9.18 Å². The molecule has 2 atom stereocenters. The van der Waals surface area contributed by atoms with Gasteiger partial charge in [-0.25, -0.2) is 4.39 Å². The van der Waals surface area contributed by atoms with Crippen LogP contribution in [-0.2, 0) is 14.3 Å². The number of nitrogens with zero attached hydrogens (tertiary/aromatic N) is 1. The molecule has 24 heavy (non-hydrogen) atoms. The number of piperidine rings is 1. The second kappa shape index (κ2) is 7.17. The summed E-state index contributed by atoms with van der Waals surface area (Å²) in [6, 6.07) is 4.40. The summed E-state index contributed by atoms with van der Waals surface area (Å²) in [5, 5.41) is 2.80. The average molecular weight is 336 g/mol. The molecule has 132 valence electrons. The number of carbonyl (C=O) groups excluding carboxylic acids is 1. The van der Waals surface area contributed by atoms with Gasteiger partial charge in [-0.3, -0.25) is 9.69 Å². The van der Waals surface area contributed by atoms with Crippen molar-refractivity contribution in [2.24, 2.45) is 0 Å². The van der Waals surface area contributed by atoms with Crippen LogP contribution < -0.4 is 5.32 Å². The zero-order valence-electron chi connectivity index (χ0n) is 14.3. The van der Waals surface area contributed by atoms with Gasteiger partial charge < -0.3 is 14.8 Å². The van der Waals surface area contributed by atoms with Crippen LogP contribution in [0.15, 0.2) is 18.2 Å². The Hall–Kier alpha value is -1.50. The molecular formula is C18H25FN2O3. The highest BCUT2D eigenvalue weighted by molar-refractivity contribution is 5.92. The zero-order chi connectivity index (χ0) is 17.2. The second-order valence-electron chi connectivity index (χ2n) is 6.73. The quantitative estimate of drug-likeness (QED) is 0.917. The van der Waals surface area contributed by atoms with Crippen molar-refractivity contribution in [3.8, 4) is 0 Å².